The predicted molar refractivity (Wildman–Crippen MR) is 66.1 cm³/mol. The summed E-state index contributed by atoms with van der Waals surface area (Å²) in [4.78, 5) is 20.9. The molecule has 0 aromatic carbocycles. The van der Waals surface area contributed by atoms with E-state index in [0.29, 0.717) is 11.7 Å². The molecule has 0 fully saturated rings. The number of rotatable bonds is 5. The van der Waals surface area contributed by atoms with Crippen molar-refractivity contribution in [2.45, 2.75) is 33.1 Å². The lowest BCUT2D eigenvalue weighted by molar-refractivity contribution is -0.117. The van der Waals surface area contributed by atoms with E-state index in [9.17, 15) is 9.59 Å². The van der Waals surface area contributed by atoms with Crippen LogP contribution in [0.25, 0.3) is 0 Å². The van der Waals surface area contributed by atoms with E-state index in [1.54, 1.807) is 20.0 Å². The topological polar surface area (TPSA) is 58.6 Å². The van der Waals surface area contributed by atoms with Gasteiger partial charge in [0, 0.05) is 11.7 Å². The molecule has 0 aromatic heterocycles. The van der Waals surface area contributed by atoms with Crippen LogP contribution in [-0.2, 0) is 8.91 Å². The van der Waals surface area contributed by atoms with Gasteiger partial charge in [-0.15, -0.1) is 0 Å². The van der Waals surface area contributed by atoms with E-state index in [1.165, 1.54) is 0 Å². The Balaban J connectivity index is 4.16. The van der Waals surface area contributed by atoms with Gasteiger partial charge in [0.15, 0.2) is 8.32 Å². The standard InChI is InChI=1S/C9H21NO3Si2/c1-8(2)9(11)10-7-14(3,4)13-15(5,6)12/h12H,1,7H2,2-6H3,(H,10,11). The molecule has 0 aliphatic heterocycles. The van der Waals surface area contributed by atoms with Gasteiger partial charge in [-0.3, -0.25) is 4.79 Å². The quantitative estimate of drug-likeness (QED) is 0.566. The minimum atomic E-state index is -2.50. The van der Waals surface area contributed by atoms with E-state index < -0.39 is 16.9 Å². The van der Waals surface area contributed by atoms with Crippen LogP contribution in [-0.4, -0.2) is 33.7 Å². The number of carbonyl (C=O) groups is 1. The van der Waals surface area contributed by atoms with Crippen molar-refractivity contribution in [3.05, 3.63) is 12.2 Å². The molecule has 0 radical (unpaired) electrons. The molecule has 1 amide bonds. The van der Waals surface area contributed by atoms with Gasteiger partial charge in [-0.25, -0.2) is 0 Å². The highest BCUT2D eigenvalue weighted by molar-refractivity contribution is 6.81. The van der Waals surface area contributed by atoms with Crippen molar-refractivity contribution in [1.82, 2.24) is 5.32 Å². The van der Waals surface area contributed by atoms with Crippen molar-refractivity contribution in [2.24, 2.45) is 0 Å². The largest absolute Gasteiger partial charge is 0.435 e. The zero-order chi connectivity index (χ0) is 12.3. The van der Waals surface area contributed by atoms with Gasteiger partial charge in [0.25, 0.3) is 0 Å². The van der Waals surface area contributed by atoms with Crippen LogP contribution in [0.5, 0.6) is 0 Å². The summed E-state index contributed by atoms with van der Waals surface area (Å²) in [6, 6.07) is 0. The lowest BCUT2D eigenvalue weighted by Gasteiger charge is -2.29. The first-order valence-corrected chi connectivity index (χ1v) is 10.9. The lowest BCUT2D eigenvalue weighted by Crippen LogP contribution is -2.51. The molecule has 88 valence electrons. The SMILES string of the molecule is C=C(C)C(=O)NC[Si](C)(C)O[Si](C)(C)O. The summed E-state index contributed by atoms with van der Waals surface area (Å²) in [5, 5.41) is 2.75. The van der Waals surface area contributed by atoms with E-state index in [1.807, 2.05) is 13.1 Å². The van der Waals surface area contributed by atoms with Gasteiger partial charge >= 0.3 is 8.56 Å². The molecule has 0 atom stereocenters. The number of hydrogen-bond acceptors (Lipinski definition) is 3. The Morgan fingerprint density at radius 3 is 2.20 bits per heavy atom. The highest BCUT2D eigenvalue weighted by atomic mass is 28.4. The van der Waals surface area contributed by atoms with Crippen LogP contribution in [0.4, 0.5) is 0 Å². The molecule has 0 rings (SSSR count). The molecule has 4 nitrogen and oxygen atoms in total. The second kappa shape index (κ2) is 5.06. The maximum atomic E-state index is 11.3. The van der Waals surface area contributed by atoms with Gasteiger partial charge in [0.1, 0.15) is 0 Å². The second-order valence-corrected chi connectivity index (χ2v) is 12.4. The molecule has 0 heterocycles. The van der Waals surface area contributed by atoms with Crippen molar-refractivity contribution in [2.75, 3.05) is 6.17 Å². The smallest absolute Gasteiger partial charge is 0.318 e. The average Bonchev–Trinajstić information content (AvgIpc) is 1.95. The minimum Gasteiger partial charge on any atom is -0.435 e. The first kappa shape index (κ1) is 14.6. The first-order valence-electron chi connectivity index (χ1n) is 4.90. The molecule has 0 aliphatic carbocycles. The fourth-order valence-corrected chi connectivity index (χ4v) is 7.44. The number of amides is 1. The van der Waals surface area contributed by atoms with Gasteiger partial charge in [-0.2, -0.15) is 0 Å². The summed E-state index contributed by atoms with van der Waals surface area (Å²) in [7, 11) is -4.51. The van der Waals surface area contributed by atoms with Gasteiger partial charge in [0.05, 0.1) is 0 Å². The van der Waals surface area contributed by atoms with Crippen LogP contribution in [0, 0.1) is 0 Å². The molecule has 15 heavy (non-hydrogen) atoms. The van der Waals surface area contributed by atoms with Crippen LogP contribution >= 0.6 is 0 Å². The van der Waals surface area contributed by atoms with E-state index in [4.69, 9.17) is 4.12 Å². The molecule has 2 N–H and O–H groups in total. The summed E-state index contributed by atoms with van der Waals surface area (Å²) < 4.78 is 5.64. The highest BCUT2D eigenvalue weighted by Crippen LogP contribution is 2.10. The van der Waals surface area contributed by atoms with E-state index >= 15 is 0 Å². The normalized spacial score (nSPS) is 12.4. The van der Waals surface area contributed by atoms with Crippen LogP contribution in [0.15, 0.2) is 12.2 Å². The van der Waals surface area contributed by atoms with Crippen LogP contribution in [0.2, 0.25) is 26.2 Å². The maximum Gasteiger partial charge on any atom is 0.318 e. The predicted octanol–water partition coefficient (Wildman–Crippen LogP) is 1.13. The number of nitrogens with one attached hydrogen (secondary N) is 1. The van der Waals surface area contributed by atoms with Crippen LogP contribution in [0.3, 0.4) is 0 Å². The minimum absolute atomic E-state index is 0.156. The van der Waals surface area contributed by atoms with Gasteiger partial charge in [0.2, 0.25) is 5.91 Å². The fourth-order valence-electron chi connectivity index (χ4n) is 1.16. The molecule has 0 spiro atoms. The zero-order valence-electron chi connectivity index (χ0n) is 10.2. The third-order valence-corrected chi connectivity index (χ3v) is 6.83. The van der Waals surface area contributed by atoms with Gasteiger partial charge < -0.3 is 14.2 Å². The second-order valence-electron chi connectivity index (χ2n) is 4.77. The number of hydrogen-bond donors (Lipinski definition) is 2. The summed E-state index contributed by atoms with van der Waals surface area (Å²) in [5.74, 6) is -0.156. The molecule has 0 bridgehead atoms. The molecule has 0 unspecified atom stereocenters. The third-order valence-electron chi connectivity index (χ3n) is 1.59. The molecule has 0 aliphatic rings. The summed E-state index contributed by atoms with van der Waals surface area (Å²) in [6.07, 6.45) is 0.496. The fraction of sp³-hybridized carbons (Fsp3) is 0.667. The zero-order valence-corrected chi connectivity index (χ0v) is 12.2. The Labute approximate surface area is 93.7 Å². The summed E-state index contributed by atoms with van der Waals surface area (Å²) in [6.45, 7) is 12.6. The maximum absolute atomic E-state index is 11.3. The Kier molecular flexibility index (Phi) is 4.92. The number of carbonyl (C=O) groups excluding carboxylic acids is 1. The van der Waals surface area contributed by atoms with Crippen LogP contribution in [0.1, 0.15) is 6.92 Å². The molecule has 0 saturated heterocycles. The monoisotopic (exact) mass is 247 g/mol. The Morgan fingerprint density at radius 1 is 1.40 bits per heavy atom. The van der Waals surface area contributed by atoms with Crippen LogP contribution < -0.4 is 5.32 Å². The molecular weight excluding hydrogens is 226 g/mol. The van der Waals surface area contributed by atoms with E-state index in [-0.39, 0.29) is 5.91 Å². The van der Waals surface area contributed by atoms with Crippen molar-refractivity contribution >= 4 is 22.8 Å². The van der Waals surface area contributed by atoms with E-state index in [2.05, 4.69) is 11.9 Å². The Morgan fingerprint density at radius 2 is 1.87 bits per heavy atom. The first-order chi connectivity index (χ1) is 6.53. The molecule has 6 heteroatoms. The molecule has 0 aromatic rings. The highest BCUT2D eigenvalue weighted by Gasteiger charge is 2.32. The Hall–Kier alpha value is -0.436. The van der Waals surface area contributed by atoms with E-state index in [0.717, 1.165) is 0 Å². The van der Waals surface area contributed by atoms with Crippen molar-refractivity contribution in [3.8, 4) is 0 Å². The van der Waals surface area contributed by atoms with Crippen molar-refractivity contribution < 1.29 is 13.7 Å². The van der Waals surface area contributed by atoms with Gasteiger partial charge in [-0.05, 0) is 33.1 Å². The molecule has 0 saturated carbocycles. The average molecular weight is 247 g/mol. The summed E-state index contributed by atoms with van der Waals surface area (Å²) >= 11 is 0. The van der Waals surface area contributed by atoms with Crippen molar-refractivity contribution in [3.63, 3.8) is 0 Å². The molecular formula is C9H21NO3Si2. The third kappa shape index (κ3) is 7.49. The Bertz CT molecular complexity index is 259. The van der Waals surface area contributed by atoms with Crippen molar-refractivity contribution in [1.29, 1.82) is 0 Å². The summed E-state index contributed by atoms with van der Waals surface area (Å²) in [5.41, 5.74) is 0.486. The van der Waals surface area contributed by atoms with Gasteiger partial charge in [-0.1, -0.05) is 6.58 Å². The lowest BCUT2D eigenvalue weighted by atomic mass is 10.3.